The molecule has 10 fully saturated rings. The second-order valence-corrected chi connectivity index (χ2v) is 35.2. The number of nitro benzene ring substituents is 1. The van der Waals surface area contributed by atoms with Crippen LogP contribution in [0.25, 0.3) is 0 Å². The molecule has 127 heavy (non-hydrogen) atoms. The maximum Gasteiger partial charge on any atom is 0.338 e. The van der Waals surface area contributed by atoms with E-state index in [9.17, 15) is 56.9 Å². The number of nitro groups is 1. The van der Waals surface area contributed by atoms with Gasteiger partial charge >= 0.3 is 17.9 Å². The summed E-state index contributed by atoms with van der Waals surface area (Å²) in [6.07, 6.45) is 18.8. The highest BCUT2D eigenvalue weighted by Gasteiger charge is 2.44. The van der Waals surface area contributed by atoms with Crippen LogP contribution in [0.4, 0.5) is 5.69 Å². The molecule has 0 aromatic heterocycles. The molecule has 694 valence electrons. The lowest BCUT2D eigenvalue weighted by Crippen LogP contribution is -2.52. The number of carbonyl (C=O) groups excluding carboxylic acids is 8. The highest BCUT2D eigenvalue weighted by atomic mass is 35.5. The smallest absolute Gasteiger partial charge is 0.338 e. The molecule has 0 spiro atoms. The molecule has 13 aliphatic rings. The van der Waals surface area contributed by atoms with Crippen molar-refractivity contribution in [3.8, 4) is 23.0 Å². The van der Waals surface area contributed by atoms with E-state index >= 15 is 0 Å². The summed E-state index contributed by atoms with van der Waals surface area (Å²) in [5.74, 6) is 0.823. The van der Waals surface area contributed by atoms with Crippen molar-refractivity contribution in [2.75, 3.05) is 87.4 Å². The van der Waals surface area contributed by atoms with E-state index in [0.717, 1.165) is 180 Å². The summed E-state index contributed by atoms with van der Waals surface area (Å²) in [6, 6.07) is 26.5. The molecule has 4 saturated carbocycles. The van der Waals surface area contributed by atoms with Crippen molar-refractivity contribution in [3.63, 3.8) is 0 Å². The number of nitrogens with two attached hydrogens (primary N) is 1. The van der Waals surface area contributed by atoms with E-state index in [-0.39, 0.29) is 115 Å². The van der Waals surface area contributed by atoms with E-state index in [1.54, 1.807) is 70.6 Å². The summed E-state index contributed by atoms with van der Waals surface area (Å²) in [6.45, 7) is 11.4. The number of halogens is 2. The molecular formula is C91H121Cl2N9O24S. The van der Waals surface area contributed by atoms with Gasteiger partial charge in [-0.25, -0.2) is 14.4 Å². The molecule has 5 N–H and O–H groups in total. The Morgan fingerprint density at radius 1 is 0.543 bits per heavy atom. The van der Waals surface area contributed by atoms with E-state index in [2.05, 4.69) is 30.7 Å². The number of imide groups is 2. The molecular weight excluding hydrogens is 1710 g/mol. The Labute approximate surface area is 753 Å². The minimum Gasteiger partial charge on any atom is -0.489 e. The van der Waals surface area contributed by atoms with Crippen LogP contribution < -0.4 is 40.6 Å². The van der Waals surface area contributed by atoms with Crippen LogP contribution in [0.3, 0.4) is 0 Å². The molecule has 14 atom stereocenters. The van der Waals surface area contributed by atoms with E-state index in [0.29, 0.717) is 122 Å². The largest absolute Gasteiger partial charge is 0.489 e. The molecule has 5 amide bonds. The average Bonchev–Trinajstić information content (AvgIpc) is 1.63. The standard InChI is InChI=1S/C23H29N3O5.C20H28ClNO4.C19H17NO8S.C18H23NO4.C5H8N2O2.C5H11NO.CH4.ClH/c1-30-16-9-10-25(13-16)18-3-2-4-20(18)31-15-5-6-17-14(11-15)12-26(23(17)29)19-7-8-21(27)24-22(19)28;1-3-25-20(23)17-8-7-15(11-14(17)12-21)26-19-6-4-5-18(19)22-10-9-16(13-22)24-2;21-19-16-9-6-14(10-12(16)11-26-19)27-17-2-1-3-18(17)28-29(24,25)15-7-4-13(5-8-15)20(22)23;1-21-14-7-8-19(10-14)16-3-2-4-17(16)23-13-5-6-15-12(9-13)11-22-18(15)20;6-3-1-2-4(8)7-5(3)9;1-7-5-2-3-6-4-5;;/h5-6,11,16,18-20H,2-4,7-10,12-13H2,1H3,(H,24,27,28);7-8,11,16,18-19H,3-6,9-10,12-13H2,1-2H3;4-10,17-18H,1-3,11H2;5-6,9,14,16-17H,2-4,7-8,10-11H2,1H3;3H,1-2,6H2,(H,7,8,9);5-6H,2-4H2,1H3;1H4;1H/t16-,18?,19?,20?;16-,18?,19?;;14-,16?,17?;;5-;;/m11.1.1../s1. The lowest BCUT2D eigenvalue weighted by Gasteiger charge is -2.30. The maximum absolute atomic E-state index is 12.9. The Hall–Kier alpha value is -9.01. The number of benzene rings is 5. The number of nitrogens with one attached hydrogen (secondary N) is 3. The number of amides is 5. The van der Waals surface area contributed by atoms with Crippen molar-refractivity contribution in [1.82, 2.24) is 35.6 Å². The number of nitrogens with zero attached hydrogens (tertiary/aromatic N) is 5. The number of non-ortho nitro benzene ring substituents is 1. The normalized spacial score (nSPS) is 27.0. The van der Waals surface area contributed by atoms with Crippen molar-refractivity contribution in [1.29, 1.82) is 0 Å². The van der Waals surface area contributed by atoms with Crippen molar-refractivity contribution in [2.45, 2.75) is 258 Å². The van der Waals surface area contributed by atoms with Crippen LogP contribution in [-0.4, -0.2) is 253 Å². The molecule has 9 aliphatic heterocycles. The van der Waals surface area contributed by atoms with Crippen molar-refractivity contribution in [3.05, 3.63) is 152 Å². The number of likely N-dealkylation sites (tertiary alicyclic amines) is 3. The van der Waals surface area contributed by atoms with Gasteiger partial charge in [0.25, 0.3) is 21.7 Å². The Bertz CT molecular complexity index is 4760. The van der Waals surface area contributed by atoms with Gasteiger partial charge in [0.05, 0.1) is 63.6 Å². The maximum atomic E-state index is 12.9. The van der Waals surface area contributed by atoms with Gasteiger partial charge in [-0.05, 0) is 225 Å². The molecule has 5 aromatic carbocycles. The van der Waals surface area contributed by atoms with Crippen molar-refractivity contribution >= 4 is 87.3 Å². The van der Waals surface area contributed by atoms with Gasteiger partial charge in [-0.3, -0.25) is 63.6 Å². The SMILES string of the molecule is C.CCOC(=O)c1ccc(OC2CCCC2N2CC[C@@H](OC)C2)cc1CCl.CO[C@@H]1CCN(C2CCCC2Oc2ccc3c(c2)CN(C2CCC(=O)NC2=O)C3=O)C1.CO[C@@H]1CCN(C2CCCC2Oc2ccc3c(c2)COC3=O)C1.CO[C@@H]1CCNC1.Cl.NC1CCC(=O)NC1=O.O=C1OCc2cc(OC3CCCC3OS(=O)(=O)c3ccc([N+](=O)[O-])cc3)ccc21. The molecule has 5 aromatic rings. The summed E-state index contributed by atoms with van der Waals surface area (Å²) in [7, 11) is 3.03. The van der Waals surface area contributed by atoms with Gasteiger partial charge < -0.3 is 68.1 Å². The molecule has 18 rings (SSSR count). The van der Waals surface area contributed by atoms with E-state index < -0.39 is 39.3 Å². The zero-order valence-corrected chi connectivity index (χ0v) is 74.3. The molecule has 36 heteroatoms. The first-order valence-electron chi connectivity index (χ1n) is 43.6. The second kappa shape index (κ2) is 46.5. The number of piperidine rings is 2. The predicted octanol–water partition coefficient (Wildman–Crippen LogP) is 10.2. The summed E-state index contributed by atoms with van der Waals surface area (Å²) < 4.78 is 92.1. The zero-order valence-electron chi connectivity index (χ0n) is 72.0. The van der Waals surface area contributed by atoms with Gasteiger partial charge in [0.1, 0.15) is 72.8 Å². The fraction of sp³-hybridized carbons (Fsp3) is 0.582. The number of alkyl halides is 1. The third-order valence-electron chi connectivity index (χ3n) is 25.5. The minimum atomic E-state index is -4.10. The number of methoxy groups -OCH3 is 4. The van der Waals surface area contributed by atoms with Gasteiger partial charge in [0.2, 0.25) is 23.6 Å². The average molecular weight is 1830 g/mol. The van der Waals surface area contributed by atoms with E-state index in [1.807, 2.05) is 42.5 Å². The molecule has 0 radical (unpaired) electrons. The van der Waals surface area contributed by atoms with Crippen LogP contribution in [0.5, 0.6) is 23.0 Å². The highest BCUT2D eigenvalue weighted by molar-refractivity contribution is 7.86. The number of ether oxygens (including phenoxy) is 11. The third-order valence-corrected chi connectivity index (χ3v) is 27.1. The fourth-order valence-electron chi connectivity index (χ4n) is 18.6. The molecule has 9 heterocycles. The number of esters is 3. The highest BCUT2D eigenvalue weighted by Crippen LogP contribution is 2.39. The molecule has 33 nitrogen and oxygen atoms in total. The summed E-state index contributed by atoms with van der Waals surface area (Å²) in [5.41, 5.74) is 10.6. The zero-order chi connectivity index (χ0) is 88.4. The summed E-state index contributed by atoms with van der Waals surface area (Å²) in [5, 5.41) is 18.4. The second-order valence-electron chi connectivity index (χ2n) is 33.4. The number of carbonyl (C=O) groups is 8. The summed E-state index contributed by atoms with van der Waals surface area (Å²) in [4.78, 5) is 112. The summed E-state index contributed by atoms with van der Waals surface area (Å²) >= 11 is 6.04. The Morgan fingerprint density at radius 3 is 1.43 bits per heavy atom. The van der Waals surface area contributed by atoms with Crippen LogP contribution in [0.2, 0.25) is 0 Å². The lowest BCUT2D eigenvalue weighted by molar-refractivity contribution is -0.384. The first kappa shape index (κ1) is 98.6. The number of hydrogen-bond acceptors (Lipinski definition) is 29. The first-order chi connectivity index (χ1) is 60.4. The minimum absolute atomic E-state index is 0. The van der Waals surface area contributed by atoms with Crippen LogP contribution in [0.1, 0.15) is 206 Å². The van der Waals surface area contributed by atoms with Gasteiger partial charge in [-0.1, -0.05) is 7.43 Å². The number of fused-ring (bicyclic) bond motifs is 3. The predicted molar refractivity (Wildman–Crippen MR) is 469 cm³/mol. The topological polar surface area (TPSA) is 400 Å². The molecule has 4 aliphatic carbocycles. The molecule has 6 saturated heterocycles. The number of hydrogen-bond donors (Lipinski definition) is 4. The van der Waals surface area contributed by atoms with Crippen LogP contribution in [0.15, 0.2) is 102 Å². The quantitative estimate of drug-likeness (QED) is 0.00898. The molecule has 0 bridgehead atoms. The van der Waals surface area contributed by atoms with Gasteiger partial charge in [0.15, 0.2) is 0 Å². The first-order valence-corrected chi connectivity index (χ1v) is 45.6. The van der Waals surface area contributed by atoms with Gasteiger partial charge in [-0.2, -0.15) is 8.42 Å². The third kappa shape index (κ3) is 25.4. The fourth-order valence-corrected chi connectivity index (χ4v) is 20.0. The van der Waals surface area contributed by atoms with E-state index in [1.165, 1.54) is 25.7 Å². The van der Waals surface area contributed by atoms with Crippen LogP contribution >= 0.6 is 24.0 Å². The molecule has 10 unspecified atom stereocenters. The van der Waals surface area contributed by atoms with Gasteiger partial charge in [0, 0.05) is 146 Å². The van der Waals surface area contributed by atoms with E-state index in [4.69, 9.17) is 73.6 Å². The van der Waals surface area contributed by atoms with Crippen molar-refractivity contribution < 1.29 is 108 Å². The number of cyclic esters (lactones) is 2. The van der Waals surface area contributed by atoms with Crippen LogP contribution in [-0.2, 0) is 92.3 Å². The van der Waals surface area contributed by atoms with Crippen molar-refractivity contribution in [2.24, 2.45) is 5.73 Å². The van der Waals surface area contributed by atoms with Gasteiger partial charge in [-0.15, -0.1) is 24.0 Å². The Balaban J connectivity index is 0.000000154. The Kier molecular flexibility index (Phi) is 36.1. The lowest BCUT2D eigenvalue weighted by atomic mass is 10.0. The van der Waals surface area contributed by atoms with Crippen LogP contribution in [0, 0.1) is 10.1 Å². The number of rotatable bonds is 23. The Morgan fingerprint density at radius 2 is 0.992 bits per heavy atom. The monoisotopic (exact) mass is 1830 g/mol.